The molecule has 4 heterocycles. The van der Waals surface area contributed by atoms with Gasteiger partial charge in [0.25, 0.3) is 5.91 Å². The van der Waals surface area contributed by atoms with Crippen molar-refractivity contribution < 1.29 is 17.9 Å². The molecular weight excluding hydrogens is 424 g/mol. The number of hydrogen-bond acceptors (Lipinski definition) is 7. The molecule has 0 aliphatic carbocycles. The number of pyridine rings is 1. The number of carbonyl (C=O) groups is 1. The van der Waals surface area contributed by atoms with Crippen molar-refractivity contribution in [2.45, 2.75) is 32.4 Å². The molecule has 1 N–H and O–H groups in total. The average molecular weight is 449 g/mol. The SMILES string of the molecule is COC[C@@H](C)NC(=O)c1cc(-c2cccs2)nc2c1c(C)nn2[C@H]1CCS(=O)(=O)C1. The van der Waals surface area contributed by atoms with Crippen LogP contribution in [0.15, 0.2) is 23.6 Å². The molecule has 30 heavy (non-hydrogen) atoms. The van der Waals surface area contributed by atoms with Crippen molar-refractivity contribution in [2.75, 3.05) is 25.2 Å². The van der Waals surface area contributed by atoms with Gasteiger partial charge in [-0.2, -0.15) is 5.10 Å². The van der Waals surface area contributed by atoms with E-state index in [1.807, 2.05) is 31.4 Å². The molecule has 10 heteroatoms. The molecule has 1 saturated heterocycles. The van der Waals surface area contributed by atoms with Crippen molar-refractivity contribution in [3.63, 3.8) is 0 Å². The highest BCUT2D eigenvalue weighted by atomic mass is 32.2. The zero-order chi connectivity index (χ0) is 21.5. The Morgan fingerprint density at radius 1 is 1.47 bits per heavy atom. The predicted octanol–water partition coefficient (Wildman–Crippen LogP) is 2.59. The van der Waals surface area contributed by atoms with Crippen molar-refractivity contribution in [2.24, 2.45) is 0 Å². The van der Waals surface area contributed by atoms with Gasteiger partial charge in [-0.3, -0.25) is 4.79 Å². The van der Waals surface area contributed by atoms with Crippen LogP contribution in [0.3, 0.4) is 0 Å². The number of sulfone groups is 1. The highest BCUT2D eigenvalue weighted by molar-refractivity contribution is 7.91. The van der Waals surface area contributed by atoms with Gasteiger partial charge in [-0.25, -0.2) is 18.1 Å². The third kappa shape index (κ3) is 3.99. The lowest BCUT2D eigenvalue weighted by molar-refractivity contribution is 0.0907. The summed E-state index contributed by atoms with van der Waals surface area (Å²) in [5.41, 5.74) is 2.36. The largest absolute Gasteiger partial charge is 0.383 e. The molecular formula is C20H24N4O4S2. The Bertz CT molecular complexity index is 1190. The van der Waals surface area contributed by atoms with E-state index in [0.29, 0.717) is 41.0 Å². The van der Waals surface area contributed by atoms with E-state index >= 15 is 0 Å². The van der Waals surface area contributed by atoms with Crippen LogP contribution in [0.1, 0.15) is 35.4 Å². The maximum atomic E-state index is 13.1. The number of rotatable bonds is 6. The molecule has 160 valence electrons. The van der Waals surface area contributed by atoms with Crippen LogP contribution in [0.4, 0.5) is 0 Å². The lowest BCUT2D eigenvalue weighted by Crippen LogP contribution is -2.35. The van der Waals surface area contributed by atoms with E-state index in [1.54, 1.807) is 17.9 Å². The van der Waals surface area contributed by atoms with Gasteiger partial charge >= 0.3 is 0 Å². The van der Waals surface area contributed by atoms with E-state index in [1.165, 1.54) is 11.3 Å². The summed E-state index contributed by atoms with van der Waals surface area (Å²) in [6, 6.07) is 5.22. The molecule has 1 amide bonds. The third-order valence-electron chi connectivity index (χ3n) is 5.20. The molecule has 0 unspecified atom stereocenters. The Labute approximate surface area is 179 Å². The number of fused-ring (bicyclic) bond motifs is 1. The molecule has 0 spiro atoms. The fraction of sp³-hybridized carbons (Fsp3) is 0.450. The van der Waals surface area contributed by atoms with Gasteiger partial charge in [-0.15, -0.1) is 11.3 Å². The molecule has 1 aliphatic heterocycles. The molecule has 2 atom stereocenters. The number of ether oxygens (including phenoxy) is 1. The molecule has 3 aromatic rings. The van der Waals surface area contributed by atoms with E-state index in [4.69, 9.17) is 9.72 Å². The monoisotopic (exact) mass is 448 g/mol. The molecule has 3 aromatic heterocycles. The maximum absolute atomic E-state index is 13.1. The van der Waals surface area contributed by atoms with Crippen LogP contribution in [0.25, 0.3) is 21.6 Å². The fourth-order valence-corrected chi connectivity index (χ4v) is 6.24. The first-order valence-corrected chi connectivity index (χ1v) is 12.4. The Balaban J connectivity index is 1.87. The Morgan fingerprint density at radius 3 is 2.90 bits per heavy atom. The Kier molecular flexibility index (Phi) is 5.65. The molecule has 0 saturated carbocycles. The predicted molar refractivity (Wildman–Crippen MR) is 117 cm³/mol. The number of thiophene rings is 1. The van der Waals surface area contributed by atoms with Gasteiger partial charge < -0.3 is 10.1 Å². The van der Waals surface area contributed by atoms with Crippen molar-refractivity contribution in [3.05, 3.63) is 34.8 Å². The van der Waals surface area contributed by atoms with E-state index in [2.05, 4.69) is 10.4 Å². The lowest BCUT2D eigenvalue weighted by Gasteiger charge is -2.15. The van der Waals surface area contributed by atoms with Gasteiger partial charge in [0.05, 0.1) is 51.4 Å². The maximum Gasteiger partial charge on any atom is 0.252 e. The van der Waals surface area contributed by atoms with Gasteiger partial charge in [0.2, 0.25) is 0 Å². The highest BCUT2D eigenvalue weighted by Gasteiger charge is 2.32. The van der Waals surface area contributed by atoms with Crippen LogP contribution >= 0.6 is 11.3 Å². The molecule has 1 fully saturated rings. The molecule has 0 radical (unpaired) electrons. The Hall–Kier alpha value is -2.30. The topological polar surface area (TPSA) is 103 Å². The standard InChI is InChI=1S/C20H24N4O4S2/c1-12(10-28-3)21-20(25)15-9-16(17-5-4-7-29-17)22-19-18(15)13(2)23-24(19)14-6-8-30(26,27)11-14/h4-5,7,9,12,14H,6,8,10-11H2,1-3H3,(H,21,25)/t12-,14+/m1/s1. The van der Waals surface area contributed by atoms with E-state index in [0.717, 1.165) is 4.88 Å². The van der Waals surface area contributed by atoms with Crippen molar-refractivity contribution >= 4 is 38.1 Å². The molecule has 0 aromatic carbocycles. The zero-order valence-electron chi connectivity index (χ0n) is 17.1. The van der Waals surface area contributed by atoms with Crippen LogP contribution < -0.4 is 5.32 Å². The molecule has 4 rings (SSSR count). The second-order valence-corrected chi connectivity index (χ2v) is 10.8. The summed E-state index contributed by atoms with van der Waals surface area (Å²) in [5, 5.41) is 10.2. The zero-order valence-corrected chi connectivity index (χ0v) is 18.7. The minimum atomic E-state index is -3.08. The number of amides is 1. The summed E-state index contributed by atoms with van der Waals surface area (Å²) in [4.78, 5) is 18.9. The van der Waals surface area contributed by atoms with Crippen molar-refractivity contribution in [1.82, 2.24) is 20.1 Å². The fourth-order valence-electron chi connectivity index (χ4n) is 3.86. The van der Waals surface area contributed by atoms with Crippen LogP contribution in [-0.4, -0.2) is 60.4 Å². The molecule has 8 nitrogen and oxygen atoms in total. The number of carbonyl (C=O) groups excluding carboxylic acids is 1. The summed E-state index contributed by atoms with van der Waals surface area (Å²) in [6.45, 7) is 4.10. The average Bonchev–Trinajstić information content (AvgIpc) is 3.40. The second kappa shape index (κ2) is 8.09. The quantitative estimate of drug-likeness (QED) is 0.622. The molecule has 1 aliphatic rings. The smallest absolute Gasteiger partial charge is 0.252 e. The van der Waals surface area contributed by atoms with Gasteiger partial charge in [0.1, 0.15) is 0 Å². The first kappa shape index (κ1) is 21.0. The minimum Gasteiger partial charge on any atom is -0.383 e. The van der Waals surface area contributed by atoms with Gasteiger partial charge in [0, 0.05) is 13.2 Å². The number of aryl methyl sites for hydroxylation is 1. The molecule has 0 bridgehead atoms. The second-order valence-electron chi connectivity index (χ2n) is 7.65. The van der Waals surface area contributed by atoms with Crippen molar-refractivity contribution in [3.8, 4) is 10.6 Å². The summed E-state index contributed by atoms with van der Waals surface area (Å²) in [7, 11) is -1.50. The summed E-state index contributed by atoms with van der Waals surface area (Å²) >= 11 is 1.53. The number of aromatic nitrogens is 3. The summed E-state index contributed by atoms with van der Waals surface area (Å²) < 4.78 is 30.9. The normalized spacial score (nSPS) is 19.2. The minimum absolute atomic E-state index is 0.0422. The van der Waals surface area contributed by atoms with E-state index < -0.39 is 9.84 Å². The number of nitrogens with zero attached hydrogens (tertiary/aromatic N) is 3. The van der Waals surface area contributed by atoms with E-state index in [-0.39, 0.29) is 29.5 Å². The van der Waals surface area contributed by atoms with Gasteiger partial charge in [0.15, 0.2) is 15.5 Å². The lowest BCUT2D eigenvalue weighted by atomic mass is 10.1. The third-order valence-corrected chi connectivity index (χ3v) is 7.85. The first-order chi connectivity index (χ1) is 14.3. The van der Waals surface area contributed by atoms with Crippen LogP contribution in [-0.2, 0) is 14.6 Å². The first-order valence-electron chi connectivity index (χ1n) is 9.73. The highest BCUT2D eigenvalue weighted by Crippen LogP contribution is 2.33. The summed E-state index contributed by atoms with van der Waals surface area (Å²) in [6.07, 6.45) is 0.496. The van der Waals surface area contributed by atoms with Crippen molar-refractivity contribution in [1.29, 1.82) is 0 Å². The number of hydrogen-bond donors (Lipinski definition) is 1. The van der Waals surface area contributed by atoms with Crippen LogP contribution in [0, 0.1) is 6.92 Å². The number of methoxy groups -OCH3 is 1. The van der Waals surface area contributed by atoms with Gasteiger partial charge in [-0.1, -0.05) is 6.07 Å². The van der Waals surface area contributed by atoms with Crippen LogP contribution in [0.5, 0.6) is 0 Å². The van der Waals surface area contributed by atoms with Crippen LogP contribution in [0.2, 0.25) is 0 Å². The van der Waals surface area contributed by atoms with Gasteiger partial charge in [-0.05, 0) is 37.8 Å². The Morgan fingerprint density at radius 2 is 2.27 bits per heavy atom. The van der Waals surface area contributed by atoms with E-state index in [9.17, 15) is 13.2 Å². The number of nitrogens with one attached hydrogen (secondary N) is 1. The summed E-state index contributed by atoms with van der Waals surface area (Å²) in [5.74, 6) is -0.0445.